The molecule has 1 unspecified atom stereocenters. The number of benzene rings is 1. The molecule has 2 aliphatic rings. The Morgan fingerprint density at radius 3 is 2.48 bits per heavy atom. The SMILES string of the molecule is CCCN1CCCC(NC2CCN(c3ccc(-n4cccn4)cc3)CC2)C1. The molecule has 2 saturated heterocycles. The van der Waals surface area contributed by atoms with Crippen LogP contribution in [-0.4, -0.2) is 59.5 Å². The number of nitrogens with zero attached hydrogens (tertiary/aromatic N) is 4. The second-order valence-electron chi connectivity index (χ2n) is 8.03. The molecule has 27 heavy (non-hydrogen) atoms. The summed E-state index contributed by atoms with van der Waals surface area (Å²) in [7, 11) is 0. The van der Waals surface area contributed by atoms with Gasteiger partial charge in [-0.25, -0.2) is 4.68 Å². The second-order valence-corrected chi connectivity index (χ2v) is 8.03. The van der Waals surface area contributed by atoms with Crippen LogP contribution in [0.15, 0.2) is 42.7 Å². The molecule has 2 aromatic rings. The molecule has 1 N–H and O–H groups in total. The topological polar surface area (TPSA) is 36.3 Å². The minimum Gasteiger partial charge on any atom is -0.371 e. The van der Waals surface area contributed by atoms with Crippen LogP contribution in [0.25, 0.3) is 5.69 Å². The standard InChI is InChI=1S/C22H33N5/c1-2-13-25-14-3-5-20(18-25)24-19-10-16-26(17-11-19)21-6-8-22(9-7-21)27-15-4-12-23-27/h4,6-9,12,15,19-20,24H,2-3,5,10-11,13-14,16-18H2,1H3. The van der Waals surface area contributed by atoms with Gasteiger partial charge in [0.15, 0.2) is 0 Å². The van der Waals surface area contributed by atoms with Crippen LogP contribution in [0, 0.1) is 0 Å². The van der Waals surface area contributed by atoms with Crippen LogP contribution in [0.3, 0.4) is 0 Å². The number of hydrogen-bond donors (Lipinski definition) is 1. The highest BCUT2D eigenvalue weighted by Gasteiger charge is 2.25. The van der Waals surface area contributed by atoms with Crippen molar-refractivity contribution in [3.63, 3.8) is 0 Å². The van der Waals surface area contributed by atoms with Gasteiger partial charge in [0.2, 0.25) is 0 Å². The van der Waals surface area contributed by atoms with Gasteiger partial charge in [-0.2, -0.15) is 5.10 Å². The van der Waals surface area contributed by atoms with Gasteiger partial charge >= 0.3 is 0 Å². The summed E-state index contributed by atoms with van der Waals surface area (Å²) in [6, 6.07) is 12.1. The summed E-state index contributed by atoms with van der Waals surface area (Å²) >= 11 is 0. The van der Waals surface area contributed by atoms with Crippen LogP contribution < -0.4 is 10.2 Å². The number of nitrogens with one attached hydrogen (secondary N) is 1. The van der Waals surface area contributed by atoms with E-state index in [1.165, 1.54) is 57.4 Å². The molecule has 4 rings (SSSR count). The maximum atomic E-state index is 4.30. The van der Waals surface area contributed by atoms with Gasteiger partial charge in [-0.1, -0.05) is 6.92 Å². The smallest absolute Gasteiger partial charge is 0.0647 e. The summed E-state index contributed by atoms with van der Waals surface area (Å²) in [6.45, 7) is 8.36. The van der Waals surface area contributed by atoms with Crippen molar-refractivity contribution in [2.24, 2.45) is 0 Å². The van der Waals surface area contributed by atoms with Crippen LogP contribution in [0.4, 0.5) is 5.69 Å². The number of anilines is 1. The molecule has 0 amide bonds. The minimum atomic E-state index is 0.677. The molecule has 0 aliphatic carbocycles. The van der Waals surface area contributed by atoms with Gasteiger partial charge in [0.05, 0.1) is 5.69 Å². The fourth-order valence-corrected chi connectivity index (χ4v) is 4.59. The van der Waals surface area contributed by atoms with Crippen molar-refractivity contribution >= 4 is 5.69 Å². The lowest BCUT2D eigenvalue weighted by atomic mass is 9.99. The molecule has 0 saturated carbocycles. The summed E-state index contributed by atoms with van der Waals surface area (Å²) < 4.78 is 1.91. The molecule has 5 nitrogen and oxygen atoms in total. The van der Waals surface area contributed by atoms with E-state index < -0.39 is 0 Å². The molecule has 5 heteroatoms. The van der Waals surface area contributed by atoms with E-state index in [1.54, 1.807) is 0 Å². The predicted octanol–water partition coefficient (Wildman–Crippen LogP) is 3.31. The summed E-state index contributed by atoms with van der Waals surface area (Å²) in [5.74, 6) is 0. The Bertz CT molecular complexity index is 671. The summed E-state index contributed by atoms with van der Waals surface area (Å²) in [5.41, 5.74) is 2.45. The molecule has 0 radical (unpaired) electrons. The van der Waals surface area contributed by atoms with E-state index in [4.69, 9.17) is 0 Å². The number of rotatable bonds is 6. The summed E-state index contributed by atoms with van der Waals surface area (Å²) in [5, 5.41) is 8.27. The highest BCUT2D eigenvalue weighted by molar-refractivity contribution is 5.51. The lowest BCUT2D eigenvalue weighted by Gasteiger charge is -2.39. The van der Waals surface area contributed by atoms with Crippen molar-refractivity contribution in [3.05, 3.63) is 42.7 Å². The van der Waals surface area contributed by atoms with Crippen molar-refractivity contribution in [3.8, 4) is 5.69 Å². The Hall–Kier alpha value is -1.85. The highest BCUT2D eigenvalue weighted by Crippen LogP contribution is 2.22. The van der Waals surface area contributed by atoms with Gasteiger partial charge in [0.25, 0.3) is 0 Å². The van der Waals surface area contributed by atoms with Crippen molar-refractivity contribution < 1.29 is 0 Å². The number of likely N-dealkylation sites (tertiary alicyclic amines) is 1. The van der Waals surface area contributed by atoms with Gasteiger partial charge in [-0.3, -0.25) is 0 Å². The summed E-state index contributed by atoms with van der Waals surface area (Å²) in [4.78, 5) is 5.16. The fraction of sp³-hybridized carbons (Fsp3) is 0.591. The summed E-state index contributed by atoms with van der Waals surface area (Å²) in [6.07, 6.45) is 10.2. The fourth-order valence-electron chi connectivity index (χ4n) is 4.59. The van der Waals surface area contributed by atoms with Crippen LogP contribution in [-0.2, 0) is 0 Å². The second kappa shape index (κ2) is 8.89. The van der Waals surface area contributed by atoms with E-state index in [2.05, 4.69) is 51.4 Å². The number of hydrogen-bond acceptors (Lipinski definition) is 4. The molecule has 146 valence electrons. The Labute approximate surface area is 163 Å². The lowest BCUT2D eigenvalue weighted by Crippen LogP contribution is -2.52. The first kappa shape index (κ1) is 18.5. The highest BCUT2D eigenvalue weighted by atomic mass is 15.3. The zero-order valence-corrected chi connectivity index (χ0v) is 16.6. The van der Waals surface area contributed by atoms with E-state index in [9.17, 15) is 0 Å². The first-order valence-electron chi connectivity index (χ1n) is 10.7. The third kappa shape index (κ3) is 4.71. The van der Waals surface area contributed by atoms with Crippen molar-refractivity contribution in [1.29, 1.82) is 0 Å². The van der Waals surface area contributed by atoms with E-state index in [1.807, 2.05) is 23.1 Å². The Kier molecular flexibility index (Phi) is 6.10. The van der Waals surface area contributed by atoms with Crippen LogP contribution in [0.2, 0.25) is 0 Å². The maximum Gasteiger partial charge on any atom is 0.0647 e. The minimum absolute atomic E-state index is 0.677. The normalized spacial score (nSPS) is 22.3. The Morgan fingerprint density at radius 2 is 1.78 bits per heavy atom. The van der Waals surface area contributed by atoms with E-state index in [0.29, 0.717) is 12.1 Å². The molecule has 2 fully saturated rings. The molecule has 2 aliphatic heterocycles. The van der Waals surface area contributed by atoms with Crippen LogP contribution in [0.5, 0.6) is 0 Å². The maximum absolute atomic E-state index is 4.30. The monoisotopic (exact) mass is 367 g/mol. The van der Waals surface area contributed by atoms with E-state index in [-0.39, 0.29) is 0 Å². The molecule has 1 atom stereocenters. The van der Waals surface area contributed by atoms with E-state index >= 15 is 0 Å². The molecule has 1 aromatic heterocycles. The largest absolute Gasteiger partial charge is 0.371 e. The average Bonchev–Trinajstić information content (AvgIpc) is 3.24. The van der Waals surface area contributed by atoms with Gasteiger partial charge in [0.1, 0.15) is 0 Å². The van der Waals surface area contributed by atoms with E-state index in [0.717, 1.165) is 18.8 Å². The Morgan fingerprint density at radius 1 is 1.00 bits per heavy atom. The third-order valence-electron chi connectivity index (χ3n) is 6.00. The Balaban J connectivity index is 1.26. The number of aromatic nitrogens is 2. The molecule has 1 aromatic carbocycles. The van der Waals surface area contributed by atoms with Gasteiger partial charge < -0.3 is 15.1 Å². The third-order valence-corrected chi connectivity index (χ3v) is 6.00. The van der Waals surface area contributed by atoms with Crippen LogP contribution >= 0.6 is 0 Å². The zero-order chi connectivity index (χ0) is 18.5. The quantitative estimate of drug-likeness (QED) is 0.850. The first-order chi connectivity index (χ1) is 13.3. The molecular formula is C22H33N5. The van der Waals surface area contributed by atoms with Crippen molar-refractivity contribution in [2.75, 3.05) is 37.6 Å². The lowest BCUT2D eigenvalue weighted by molar-refractivity contribution is 0.178. The van der Waals surface area contributed by atoms with Gasteiger partial charge in [0, 0.05) is 49.8 Å². The molecule has 3 heterocycles. The van der Waals surface area contributed by atoms with Crippen LogP contribution in [0.1, 0.15) is 39.0 Å². The molecular weight excluding hydrogens is 334 g/mol. The van der Waals surface area contributed by atoms with Crippen molar-refractivity contribution in [1.82, 2.24) is 20.0 Å². The predicted molar refractivity (Wildman–Crippen MR) is 112 cm³/mol. The first-order valence-corrected chi connectivity index (χ1v) is 10.7. The average molecular weight is 368 g/mol. The molecule has 0 bridgehead atoms. The van der Waals surface area contributed by atoms with Crippen molar-refractivity contribution in [2.45, 2.75) is 51.1 Å². The van der Waals surface area contributed by atoms with Gasteiger partial charge in [-0.15, -0.1) is 0 Å². The molecule has 0 spiro atoms. The van der Waals surface area contributed by atoms with Gasteiger partial charge in [-0.05, 0) is 75.5 Å². The zero-order valence-electron chi connectivity index (χ0n) is 16.6. The number of piperidine rings is 2.